The Balaban J connectivity index is 2.88. The maximum Gasteiger partial charge on any atom is 0.346 e. The molecule has 1 N–H and O–H groups in total. The first-order valence-electron chi connectivity index (χ1n) is 2.93. The zero-order valence-corrected chi connectivity index (χ0v) is 5.94. The predicted octanol–water partition coefficient (Wildman–Crippen LogP) is 0.0761. The van der Waals surface area contributed by atoms with E-state index >= 15 is 0 Å². The van der Waals surface area contributed by atoms with Crippen molar-refractivity contribution in [2.45, 2.75) is 0 Å². The number of nitrogens with one attached hydrogen (secondary N) is 1. The van der Waals surface area contributed by atoms with Crippen LogP contribution >= 0.6 is 0 Å². The van der Waals surface area contributed by atoms with E-state index in [1.54, 1.807) is 6.07 Å². The van der Waals surface area contributed by atoms with E-state index in [0.29, 0.717) is 5.82 Å². The van der Waals surface area contributed by atoms with Gasteiger partial charge in [-0.15, -0.1) is 0 Å². The molecule has 1 aromatic heterocycles. The summed E-state index contributed by atoms with van der Waals surface area (Å²) in [6.07, 6.45) is 2.60. The Morgan fingerprint density at radius 1 is 1.82 bits per heavy atom. The number of H-pyrrole nitrogens is 1. The third kappa shape index (κ3) is 2.21. The van der Waals surface area contributed by atoms with Crippen molar-refractivity contribution in [1.29, 1.82) is 0 Å². The largest absolute Gasteiger partial charge is 0.486 e. The zero-order valence-electron chi connectivity index (χ0n) is 5.94. The van der Waals surface area contributed by atoms with Gasteiger partial charge in [0.25, 0.3) is 0 Å². The van der Waals surface area contributed by atoms with Gasteiger partial charge >= 0.3 is 5.69 Å². The summed E-state index contributed by atoms with van der Waals surface area (Å²) < 4.78 is 4.55. The SMILES string of the molecule is CO/C=N/c1ccnc(=O)[nH]1. The van der Waals surface area contributed by atoms with Crippen molar-refractivity contribution in [3.8, 4) is 0 Å². The van der Waals surface area contributed by atoms with Crippen molar-refractivity contribution in [3.05, 3.63) is 22.7 Å². The van der Waals surface area contributed by atoms with E-state index in [0.717, 1.165) is 0 Å². The highest BCUT2D eigenvalue weighted by Gasteiger charge is 1.86. The van der Waals surface area contributed by atoms with Crippen molar-refractivity contribution < 1.29 is 4.74 Å². The molecule has 0 amide bonds. The molecule has 5 nitrogen and oxygen atoms in total. The average molecular weight is 153 g/mol. The highest BCUT2D eigenvalue weighted by atomic mass is 16.5. The first-order valence-corrected chi connectivity index (χ1v) is 2.93. The lowest BCUT2D eigenvalue weighted by atomic mass is 10.6. The van der Waals surface area contributed by atoms with Crippen LogP contribution in [0.15, 0.2) is 22.1 Å². The summed E-state index contributed by atoms with van der Waals surface area (Å²) in [6, 6.07) is 1.57. The fraction of sp³-hybridized carbons (Fsp3) is 0.167. The number of aromatic nitrogens is 2. The molecule has 0 saturated heterocycles. The van der Waals surface area contributed by atoms with Gasteiger partial charge in [0, 0.05) is 6.20 Å². The average Bonchev–Trinajstić information content (AvgIpc) is 2.01. The zero-order chi connectivity index (χ0) is 8.10. The number of ether oxygens (including phenoxy) is 1. The Morgan fingerprint density at radius 3 is 3.27 bits per heavy atom. The highest BCUT2D eigenvalue weighted by molar-refractivity contribution is 5.52. The minimum absolute atomic E-state index is 0.421. The molecule has 5 heteroatoms. The summed E-state index contributed by atoms with van der Waals surface area (Å²) in [5.74, 6) is 0.423. The molecule has 0 saturated carbocycles. The molecule has 0 spiro atoms. The molecule has 0 atom stereocenters. The van der Waals surface area contributed by atoms with Gasteiger partial charge in [0.2, 0.25) is 0 Å². The summed E-state index contributed by atoms with van der Waals surface area (Å²) in [4.78, 5) is 20.1. The quantitative estimate of drug-likeness (QED) is 0.483. The Hall–Kier alpha value is -1.65. The molecular weight excluding hydrogens is 146 g/mol. The van der Waals surface area contributed by atoms with Gasteiger partial charge < -0.3 is 4.74 Å². The summed E-state index contributed by atoms with van der Waals surface area (Å²) in [5, 5.41) is 0. The standard InChI is InChI=1S/C6H7N3O2/c1-11-4-8-5-2-3-7-6(10)9-5/h2-4H,1H3,(H,7,9,10)/b8-4+. The number of aromatic amines is 1. The first-order chi connectivity index (χ1) is 5.33. The molecule has 1 aromatic rings. The Morgan fingerprint density at radius 2 is 2.64 bits per heavy atom. The second-order valence-electron chi connectivity index (χ2n) is 1.73. The van der Waals surface area contributed by atoms with E-state index in [-0.39, 0.29) is 0 Å². The third-order valence-corrected chi connectivity index (χ3v) is 0.956. The van der Waals surface area contributed by atoms with Crippen LogP contribution in [0.25, 0.3) is 0 Å². The van der Waals surface area contributed by atoms with E-state index in [1.807, 2.05) is 0 Å². The first kappa shape index (κ1) is 7.46. The highest BCUT2D eigenvalue weighted by Crippen LogP contribution is 1.98. The van der Waals surface area contributed by atoms with Gasteiger partial charge in [0.05, 0.1) is 7.11 Å². The van der Waals surface area contributed by atoms with Crippen LogP contribution in [0.4, 0.5) is 5.82 Å². The molecule has 0 fully saturated rings. The molecule has 0 aromatic carbocycles. The van der Waals surface area contributed by atoms with Gasteiger partial charge in [-0.2, -0.15) is 0 Å². The molecule has 0 aliphatic rings. The Bertz CT molecular complexity index is 305. The molecule has 0 aliphatic carbocycles. The van der Waals surface area contributed by atoms with E-state index in [2.05, 4.69) is 19.7 Å². The molecule has 0 unspecified atom stereocenters. The van der Waals surface area contributed by atoms with Crippen LogP contribution < -0.4 is 5.69 Å². The van der Waals surface area contributed by atoms with Crippen LogP contribution in [0.1, 0.15) is 0 Å². The Kier molecular flexibility index (Phi) is 2.37. The number of methoxy groups -OCH3 is 1. The maximum atomic E-state index is 10.6. The van der Waals surface area contributed by atoms with Gasteiger partial charge in [-0.3, -0.25) is 4.98 Å². The second-order valence-corrected chi connectivity index (χ2v) is 1.73. The molecule has 0 radical (unpaired) electrons. The van der Waals surface area contributed by atoms with Crippen molar-refractivity contribution in [2.75, 3.05) is 7.11 Å². The van der Waals surface area contributed by atoms with E-state index in [1.165, 1.54) is 19.7 Å². The van der Waals surface area contributed by atoms with Gasteiger partial charge in [0.1, 0.15) is 5.82 Å². The van der Waals surface area contributed by atoms with Crippen molar-refractivity contribution >= 4 is 12.2 Å². The van der Waals surface area contributed by atoms with Gasteiger partial charge in [-0.1, -0.05) is 0 Å². The lowest BCUT2D eigenvalue weighted by Gasteiger charge is -1.89. The smallest absolute Gasteiger partial charge is 0.346 e. The fourth-order valence-electron chi connectivity index (χ4n) is 0.544. The molecule has 1 heterocycles. The molecular formula is C6H7N3O2. The van der Waals surface area contributed by atoms with Crippen LogP contribution in [-0.4, -0.2) is 23.5 Å². The summed E-state index contributed by atoms with van der Waals surface area (Å²) in [5.41, 5.74) is -0.421. The normalized spacial score (nSPS) is 10.3. The summed E-state index contributed by atoms with van der Waals surface area (Å²) in [7, 11) is 1.47. The lowest BCUT2D eigenvalue weighted by Crippen LogP contribution is -2.07. The third-order valence-electron chi connectivity index (χ3n) is 0.956. The Labute approximate surface area is 62.8 Å². The number of rotatable bonds is 2. The van der Waals surface area contributed by atoms with Crippen molar-refractivity contribution in [3.63, 3.8) is 0 Å². The van der Waals surface area contributed by atoms with Gasteiger partial charge in [-0.05, 0) is 6.07 Å². The van der Waals surface area contributed by atoms with Crippen LogP contribution in [0.2, 0.25) is 0 Å². The number of hydrogen-bond donors (Lipinski definition) is 1. The van der Waals surface area contributed by atoms with Crippen molar-refractivity contribution in [2.24, 2.45) is 4.99 Å². The minimum Gasteiger partial charge on any atom is -0.486 e. The molecule has 0 aliphatic heterocycles. The van der Waals surface area contributed by atoms with Gasteiger partial charge in [-0.25, -0.2) is 14.8 Å². The van der Waals surface area contributed by atoms with Crippen LogP contribution in [0.3, 0.4) is 0 Å². The second kappa shape index (κ2) is 3.50. The summed E-state index contributed by atoms with van der Waals surface area (Å²) in [6.45, 7) is 0. The molecule has 58 valence electrons. The number of hydrogen-bond acceptors (Lipinski definition) is 4. The summed E-state index contributed by atoms with van der Waals surface area (Å²) >= 11 is 0. The van der Waals surface area contributed by atoms with Crippen LogP contribution in [0.5, 0.6) is 0 Å². The molecule has 0 bridgehead atoms. The topological polar surface area (TPSA) is 67.3 Å². The number of nitrogens with zero attached hydrogens (tertiary/aromatic N) is 2. The minimum atomic E-state index is -0.421. The van der Waals surface area contributed by atoms with Crippen molar-refractivity contribution in [1.82, 2.24) is 9.97 Å². The van der Waals surface area contributed by atoms with Crippen LogP contribution in [-0.2, 0) is 4.74 Å². The maximum absolute atomic E-state index is 10.6. The van der Waals surface area contributed by atoms with E-state index in [9.17, 15) is 4.79 Å². The monoisotopic (exact) mass is 153 g/mol. The number of aliphatic imine (C=N–C) groups is 1. The molecule has 1 rings (SSSR count). The van der Waals surface area contributed by atoms with E-state index < -0.39 is 5.69 Å². The lowest BCUT2D eigenvalue weighted by molar-refractivity contribution is 0.423. The molecule has 11 heavy (non-hydrogen) atoms. The predicted molar refractivity (Wildman–Crippen MR) is 40.0 cm³/mol. The fourth-order valence-corrected chi connectivity index (χ4v) is 0.544. The van der Waals surface area contributed by atoms with E-state index in [4.69, 9.17) is 0 Å². The van der Waals surface area contributed by atoms with Gasteiger partial charge in [0.15, 0.2) is 6.40 Å². The van der Waals surface area contributed by atoms with Crippen LogP contribution in [0, 0.1) is 0 Å².